The third kappa shape index (κ3) is 5.29. The summed E-state index contributed by atoms with van der Waals surface area (Å²) in [4.78, 5) is 0. The second-order valence-electron chi connectivity index (χ2n) is 2.44. The minimum absolute atomic E-state index is 0.730. The molecule has 0 aliphatic heterocycles. The van der Waals surface area contributed by atoms with E-state index in [-0.39, 0.29) is 0 Å². The van der Waals surface area contributed by atoms with Crippen LogP contribution in [0.25, 0.3) is 0 Å². The van der Waals surface area contributed by atoms with Crippen molar-refractivity contribution in [2.45, 2.75) is 20.4 Å². The molecule has 0 rings (SSSR count). The molecule has 0 saturated carbocycles. The molecule has 2 nitrogen and oxygen atoms in total. The largest absolute Gasteiger partial charge is 0.392 e. The summed E-state index contributed by atoms with van der Waals surface area (Å²) < 4.78 is 12.2. The Kier molecular flexibility index (Phi) is 7.41. The molecule has 0 atom stereocenters. The van der Waals surface area contributed by atoms with E-state index in [2.05, 4.69) is 40.9 Å². The zero-order valence-corrected chi connectivity index (χ0v) is 11.1. The molecule has 0 unspecified atom stereocenters. The fraction of sp³-hybridized carbons (Fsp3) is 0.750. The highest BCUT2D eigenvalue weighted by Crippen LogP contribution is 2.09. The first-order valence-electron chi connectivity index (χ1n) is 4.20. The third-order valence-corrected chi connectivity index (χ3v) is 4.45. The van der Waals surface area contributed by atoms with Gasteiger partial charge in [0.15, 0.2) is 0 Å². The maximum absolute atomic E-state index is 5.60. The van der Waals surface area contributed by atoms with Crippen molar-refractivity contribution in [3.8, 4) is 0 Å². The summed E-state index contributed by atoms with van der Waals surface area (Å²) in [6, 6.07) is 0. The minimum atomic E-state index is -1.96. The van der Waals surface area contributed by atoms with Crippen LogP contribution in [0, 0.1) is 0 Å². The molecule has 0 saturated heterocycles. The molecule has 72 valence electrons. The van der Waals surface area contributed by atoms with Crippen molar-refractivity contribution < 1.29 is 8.85 Å². The second kappa shape index (κ2) is 7.05. The highest BCUT2D eigenvalue weighted by molar-refractivity contribution is 14.1. The van der Waals surface area contributed by atoms with Crippen LogP contribution in [0.3, 0.4) is 0 Å². The lowest BCUT2D eigenvalue weighted by Gasteiger charge is -2.21. The lowest BCUT2D eigenvalue weighted by molar-refractivity contribution is 0.201. The number of halogens is 1. The van der Waals surface area contributed by atoms with Crippen LogP contribution in [0.15, 0.2) is 11.8 Å². The zero-order valence-electron chi connectivity index (χ0n) is 7.97. The Morgan fingerprint density at radius 2 is 1.75 bits per heavy atom. The molecule has 0 fully saturated rings. The molecule has 0 bridgehead atoms. The summed E-state index contributed by atoms with van der Waals surface area (Å²) in [5.41, 5.74) is 2.10. The SMILES string of the molecule is CCO[Si](C)(C=CCI)OCC. The number of allylic oxidation sites excluding steroid dienone is 1. The lowest BCUT2D eigenvalue weighted by atomic mass is 10.8. The van der Waals surface area contributed by atoms with Gasteiger partial charge in [0.1, 0.15) is 0 Å². The Morgan fingerprint density at radius 3 is 2.08 bits per heavy atom. The van der Waals surface area contributed by atoms with Crippen molar-refractivity contribution in [2.24, 2.45) is 0 Å². The van der Waals surface area contributed by atoms with Crippen molar-refractivity contribution in [1.82, 2.24) is 0 Å². The predicted molar refractivity (Wildman–Crippen MR) is 62.9 cm³/mol. The fourth-order valence-corrected chi connectivity index (χ4v) is 3.67. The molecule has 0 aromatic carbocycles. The molecule has 0 spiro atoms. The Morgan fingerprint density at radius 1 is 1.25 bits per heavy atom. The second-order valence-corrected chi connectivity index (χ2v) is 6.26. The molecule has 0 amide bonds. The monoisotopic (exact) mass is 300 g/mol. The molecule has 4 heteroatoms. The van der Waals surface area contributed by atoms with Crippen molar-refractivity contribution >= 4 is 31.2 Å². The van der Waals surface area contributed by atoms with Crippen LogP contribution in [0.2, 0.25) is 6.55 Å². The highest BCUT2D eigenvalue weighted by Gasteiger charge is 2.26. The van der Waals surface area contributed by atoms with Gasteiger partial charge in [-0.1, -0.05) is 28.7 Å². The van der Waals surface area contributed by atoms with Gasteiger partial charge in [0.05, 0.1) is 0 Å². The molecule has 12 heavy (non-hydrogen) atoms. The number of hydrogen-bond donors (Lipinski definition) is 0. The van der Waals surface area contributed by atoms with E-state index in [9.17, 15) is 0 Å². The van der Waals surface area contributed by atoms with Crippen molar-refractivity contribution in [1.29, 1.82) is 0 Å². The average molecular weight is 300 g/mol. The van der Waals surface area contributed by atoms with Crippen LogP contribution >= 0.6 is 22.6 Å². The van der Waals surface area contributed by atoms with Gasteiger partial charge in [-0.25, -0.2) is 0 Å². The molecule has 0 aromatic rings. The van der Waals surface area contributed by atoms with Gasteiger partial charge < -0.3 is 8.85 Å². The normalized spacial score (nSPS) is 12.7. The summed E-state index contributed by atoms with van der Waals surface area (Å²) >= 11 is 2.31. The molecule has 0 radical (unpaired) electrons. The number of rotatable bonds is 6. The van der Waals surface area contributed by atoms with Gasteiger partial charge in [-0.2, -0.15) is 0 Å². The first-order chi connectivity index (χ1) is 5.68. The van der Waals surface area contributed by atoms with Crippen LogP contribution in [0.4, 0.5) is 0 Å². The first kappa shape index (κ1) is 12.6. The summed E-state index contributed by atoms with van der Waals surface area (Å²) in [5, 5.41) is 0. The van der Waals surface area contributed by atoms with E-state index >= 15 is 0 Å². The summed E-state index contributed by atoms with van der Waals surface area (Å²) in [6.45, 7) is 7.54. The van der Waals surface area contributed by atoms with Crippen LogP contribution < -0.4 is 0 Å². The van der Waals surface area contributed by atoms with E-state index < -0.39 is 8.56 Å². The number of alkyl halides is 1. The van der Waals surface area contributed by atoms with Crippen LogP contribution in [0.1, 0.15) is 13.8 Å². The van der Waals surface area contributed by atoms with E-state index in [1.54, 1.807) is 0 Å². The molecule has 0 aliphatic carbocycles. The maximum Gasteiger partial charge on any atom is 0.361 e. The molecule has 0 heterocycles. The van der Waals surface area contributed by atoms with Gasteiger partial charge in [-0.3, -0.25) is 0 Å². The first-order valence-corrected chi connectivity index (χ1v) is 8.12. The van der Waals surface area contributed by atoms with Crippen LogP contribution in [0.5, 0.6) is 0 Å². The van der Waals surface area contributed by atoms with Crippen molar-refractivity contribution in [3.05, 3.63) is 11.8 Å². The Balaban J connectivity index is 4.06. The highest BCUT2D eigenvalue weighted by atomic mass is 127. The van der Waals surface area contributed by atoms with Gasteiger partial charge in [-0.05, 0) is 26.1 Å². The predicted octanol–water partition coefficient (Wildman–Crippen LogP) is 2.66. The average Bonchev–Trinajstić information content (AvgIpc) is 2.02. The van der Waals surface area contributed by atoms with Gasteiger partial charge in [0, 0.05) is 17.6 Å². The summed E-state index contributed by atoms with van der Waals surface area (Å²) in [6.07, 6.45) is 2.11. The number of hydrogen-bond acceptors (Lipinski definition) is 2. The fourth-order valence-electron chi connectivity index (χ4n) is 0.970. The quantitative estimate of drug-likeness (QED) is 0.426. The van der Waals surface area contributed by atoms with Crippen LogP contribution in [-0.4, -0.2) is 26.2 Å². The van der Waals surface area contributed by atoms with Crippen molar-refractivity contribution in [3.63, 3.8) is 0 Å². The molecular formula is C8H17IO2Si. The van der Waals surface area contributed by atoms with E-state index in [0.717, 1.165) is 17.6 Å². The topological polar surface area (TPSA) is 18.5 Å². The minimum Gasteiger partial charge on any atom is -0.392 e. The van der Waals surface area contributed by atoms with E-state index in [1.807, 2.05) is 13.8 Å². The molecule has 0 aliphatic rings. The Labute approximate surface area is 89.7 Å². The smallest absolute Gasteiger partial charge is 0.361 e. The summed E-state index contributed by atoms with van der Waals surface area (Å²) in [5.74, 6) is 0. The lowest BCUT2D eigenvalue weighted by Crippen LogP contribution is -2.36. The van der Waals surface area contributed by atoms with Crippen LogP contribution in [-0.2, 0) is 8.85 Å². The summed E-state index contributed by atoms with van der Waals surface area (Å²) in [7, 11) is -1.96. The molecular weight excluding hydrogens is 283 g/mol. The zero-order chi connectivity index (χ0) is 9.45. The third-order valence-electron chi connectivity index (χ3n) is 1.37. The van der Waals surface area contributed by atoms with E-state index in [1.165, 1.54) is 0 Å². The van der Waals surface area contributed by atoms with E-state index in [0.29, 0.717) is 0 Å². The standard InChI is InChI=1S/C8H17IO2Si/c1-4-10-12(3,11-5-2)8-6-7-9/h6,8H,4-5,7H2,1-3H3. The Bertz CT molecular complexity index is 133. The molecule has 0 aromatic heterocycles. The van der Waals surface area contributed by atoms with Gasteiger partial charge in [0.25, 0.3) is 0 Å². The van der Waals surface area contributed by atoms with E-state index in [4.69, 9.17) is 8.85 Å². The van der Waals surface area contributed by atoms with Gasteiger partial charge in [0.2, 0.25) is 0 Å². The Hall–Kier alpha value is 0.607. The van der Waals surface area contributed by atoms with Gasteiger partial charge >= 0.3 is 8.56 Å². The van der Waals surface area contributed by atoms with Crippen molar-refractivity contribution in [2.75, 3.05) is 17.6 Å². The molecule has 0 N–H and O–H groups in total. The maximum atomic E-state index is 5.60. The van der Waals surface area contributed by atoms with Gasteiger partial charge in [-0.15, -0.1) is 0 Å².